The third-order valence-corrected chi connectivity index (χ3v) is 3.24. The predicted molar refractivity (Wildman–Crippen MR) is 82.2 cm³/mol. The summed E-state index contributed by atoms with van der Waals surface area (Å²) in [6.45, 7) is 4.14. The summed E-state index contributed by atoms with van der Waals surface area (Å²) in [7, 11) is 0. The average Bonchev–Trinajstić information content (AvgIpc) is 2.42. The van der Waals surface area contributed by atoms with Crippen LogP contribution in [0.4, 0.5) is 0 Å². The number of aliphatic hydroxyl groups excluding tert-OH is 2. The lowest BCUT2D eigenvalue weighted by Crippen LogP contribution is -2.16. The van der Waals surface area contributed by atoms with Crippen molar-refractivity contribution in [2.75, 3.05) is 13.2 Å². The standard InChI is InChI=1S/C16H30O6/c1-3-21-15(19)11-13(17)9-7-5-6-8-10-14(18)12-16(20)22-4-2/h13-14,17-18H,3-12H2,1-2H3. The quantitative estimate of drug-likeness (QED) is 0.398. The van der Waals surface area contributed by atoms with Gasteiger partial charge in [-0.15, -0.1) is 0 Å². The maximum absolute atomic E-state index is 11.2. The topological polar surface area (TPSA) is 93.1 Å². The largest absolute Gasteiger partial charge is 0.466 e. The number of aliphatic hydroxyl groups is 2. The normalized spacial score (nSPS) is 13.5. The molecule has 0 fully saturated rings. The van der Waals surface area contributed by atoms with Crippen LogP contribution in [0.15, 0.2) is 0 Å². The van der Waals surface area contributed by atoms with Gasteiger partial charge in [0.05, 0.1) is 38.3 Å². The molecule has 0 aromatic rings. The van der Waals surface area contributed by atoms with Crippen molar-refractivity contribution >= 4 is 11.9 Å². The molecular weight excluding hydrogens is 288 g/mol. The first-order valence-corrected chi connectivity index (χ1v) is 8.16. The highest BCUT2D eigenvalue weighted by Crippen LogP contribution is 2.12. The summed E-state index contributed by atoms with van der Waals surface area (Å²) in [6, 6.07) is 0. The number of carbonyl (C=O) groups is 2. The summed E-state index contributed by atoms with van der Waals surface area (Å²) >= 11 is 0. The Kier molecular flexibility index (Phi) is 12.8. The lowest BCUT2D eigenvalue weighted by molar-refractivity contribution is -0.146. The molecule has 0 aromatic carbocycles. The Labute approximate surface area is 132 Å². The fraction of sp³-hybridized carbons (Fsp3) is 0.875. The Hall–Kier alpha value is -1.14. The van der Waals surface area contributed by atoms with Crippen molar-refractivity contribution in [1.82, 2.24) is 0 Å². The number of rotatable bonds is 13. The molecule has 22 heavy (non-hydrogen) atoms. The number of carbonyl (C=O) groups excluding carboxylic acids is 2. The number of hydrogen-bond donors (Lipinski definition) is 2. The Morgan fingerprint density at radius 3 is 1.45 bits per heavy atom. The van der Waals surface area contributed by atoms with Gasteiger partial charge in [-0.2, -0.15) is 0 Å². The Morgan fingerprint density at radius 1 is 0.773 bits per heavy atom. The molecule has 0 saturated carbocycles. The van der Waals surface area contributed by atoms with Crippen LogP contribution in [-0.2, 0) is 19.1 Å². The minimum atomic E-state index is -0.645. The van der Waals surface area contributed by atoms with Crippen molar-refractivity contribution in [2.45, 2.75) is 77.4 Å². The van der Waals surface area contributed by atoms with Crippen molar-refractivity contribution in [3.8, 4) is 0 Å². The molecule has 2 unspecified atom stereocenters. The third kappa shape index (κ3) is 12.6. The molecule has 0 aliphatic heterocycles. The van der Waals surface area contributed by atoms with Gasteiger partial charge >= 0.3 is 11.9 Å². The van der Waals surface area contributed by atoms with Gasteiger partial charge in [0.25, 0.3) is 0 Å². The molecule has 0 aliphatic carbocycles. The number of esters is 2. The second-order valence-electron chi connectivity index (χ2n) is 5.32. The van der Waals surface area contributed by atoms with E-state index in [0.717, 1.165) is 25.7 Å². The molecule has 6 heteroatoms. The van der Waals surface area contributed by atoms with E-state index in [1.54, 1.807) is 13.8 Å². The predicted octanol–water partition coefficient (Wildman–Crippen LogP) is 1.96. The second-order valence-corrected chi connectivity index (χ2v) is 5.32. The minimum absolute atomic E-state index is 0.0477. The first-order valence-electron chi connectivity index (χ1n) is 8.16. The lowest BCUT2D eigenvalue weighted by atomic mass is 10.0. The monoisotopic (exact) mass is 318 g/mol. The van der Waals surface area contributed by atoms with E-state index in [1.165, 1.54) is 0 Å². The van der Waals surface area contributed by atoms with Gasteiger partial charge in [-0.3, -0.25) is 9.59 Å². The van der Waals surface area contributed by atoms with Crippen LogP contribution in [0, 0.1) is 0 Å². The zero-order chi connectivity index (χ0) is 16.8. The van der Waals surface area contributed by atoms with Crippen molar-refractivity contribution in [1.29, 1.82) is 0 Å². The maximum atomic E-state index is 11.2. The highest BCUT2D eigenvalue weighted by Gasteiger charge is 2.12. The van der Waals surface area contributed by atoms with Crippen LogP contribution in [0.2, 0.25) is 0 Å². The van der Waals surface area contributed by atoms with E-state index in [4.69, 9.17) is 9.47 Å². The van der Waals surface area contributed by atoms with Crippen molar-refractivity contribution in [3.63, 3.8) is 0 Å². The molecule has 6 nitrogen and oxygen atoms in total. The van der Waals surface area contributed by atoms with E-state index < -0.39 is 12.2 Å². The summed E-state index contributed by atoms with van der Waals surface area (Å²) in [4.78, 5) is 22.3. The van der Waals surface area contributed by atoms with Crippen molar-refractivity contribution in [2.24, 2.45) is 0 Å². The maximum Gasteiger partial charge on any atom is 0.308 e. The smallest absolute Gasteiger partial charge is 0.308 e. The van der Waals surface area contributed by atoms with Crippen LogP contribution in [0.1, 0.15) is 65.2 Å². The van der Waals surface area contributed by atoms with Gasteiger partial charge in [0.15, 0.2) is 0 Å². The van der Waals surface area contributed by atoms with Crippen molar-refractivity contribution in [3.05, 3.63) is 0 Å². The molecule has 2 atom stereocenters. The molecule has 0 aromatic heterocycles. The summed E-state index contributed by atoms with van der Waals surface area (Å²) < 4.78 is 9.54. The molecule has 0 bridgehead atoms. The van der Waals surface area contributed by atoms with Gasteiger partial charge in [-0.1, -0.05) is 25.7 Å². The molecule has 0 radical (unpaired) electrons. The summed E-state index contributed by atoms with van der Waals surface area (Å²) in [5.74, 6) is -0.728. The molecule has 0 spiro atoms. The molecule has 0 saturated heterocycles. The molecule has 2 N–H and O–H groups in total. The number of hydrogen-bond acceptors (Lipinski definition) is 6. The number of unbranched alkanes of at least 4 members (excludes halogenated alkanes) is 3. The van der Waals surface area contributed by atoms with E-state index in [0.29, 0.717) is 26.1 Å². The molecule has 0 aliphatic rings. The number of ether oxygens (including phenoxy) is 2. The van der Waals surface area contributed by atoms with Gasteiger partial charge in [-0.05, 0) is 26.7 Å². The fourth-order valence-electron chi connectivity index (χ4n) is 2.14. The zero-order valence-corrected chi connectivity index (χ0v) is 13.8. The van der Waals surface area contributed by atoms with Gasteiger partial charge < -0.3 is 19.7 Å². The van der Waals surface area contributed by atoms with Crippen LogP contribution < -0.4 is 0 Å². The highest BCUT2D eigenvalue weighted by molar-refractivity contribution is 5.70. The van der Waals surface area contributed by atoms with Gasteiger partial charge in [-0.25, -0.2) is 0 Å². The first-order chi connectivity index (χ1) is 10.5. The Morgan fingerprint density at radius 2 is 1.14 bits per heavy atom. The SMILES string of the molecule is CCOC(=O)CC(O)CCCCCCC(O)CC(=O)OCC. The van der Waals surface area contributed by atoms with Gasteiger partial charge in [0.1, 0.15) is 0 Å². The van der Waals surface area contributed by atoms with E-state index in [1.807, 2.05) is 0 Å². The van der Waals surface area contributed by atoms with E-state index in [-0.39, 0.29) is 24.8 Å². The Balaban J connectivity index is 3.49. The van der Waals surface area contributed by atoms with E-state index in [2.05, 4.69) is 0 Å². The minimum Gasteiger partial charge on any atom is -0.466 e. The van der Waals surface area contributed by atoms with Crippen LogP contribution in [-0.4, -0.2) is 47.6 Å². The van der Waals surface area contributed by atoms with Crippen LogP contribution in [0.5, 0.6) is 0 Å². The molecule has 0 amide bonds. The Bertz CT molecular complexity index is 275. The molecule has 130 valence electrons. The highest BCUT2D eigenvalue weighted by atomic mass is 16.5. The van der Waals surface area contributed by atoms with E-state index in [9.17, 15) is 19.8 Å². The van der Waals surface area contributed by atoms with Gasteiger partial charge in [0, 0.05) is 0 Å². The fourth-order valence-corrected chi connectivity index (χ4v) is 2.14. The molecule has 0 rings (SSSR count). The summed E-state index contributed by atoms with van der Waals surface area (Å²) in [6.07, 6.45) is 3.45. The third-order valence-electron chi connectivity index (χ3n) is 3.24. The van der Waals surface area contributed by atoms with Crippen LogP contribution in [0.3, 0.4) is 0 Å². The lowest BCUT2D eigenvalue weighted by Gasteiger charge is -2.11. The first kappa shape index (κ1) is 20.9. The van der Waals surface area contributed by atoms with Crippen LogP contribution in [0.25, 0.3) is 0 Å². The van der Waals surface area contributed by atoms with Gasteiger partial charge in [0.2, 0.25) is 0 Å². The molecule has 0 heterocycles. The second kappa shape index (κ2) is 13.5. The molecular formula is C16H30O6. The summed E-state index contributed by atoms with van der Waals surface area (Å²) in [5, 5.41) is 19.3. The zero-order valence-electron chi connectivity index (χ0n) is 13.8. The average molecular weight is 318 g/mol. The van der Waals surface area contributed by atoms with E-state index >= 15 is 0 Å². The van der Waals surface area contributed by atoms with Crippen LogP contribution >= 0.6 is 0 Å². The summed E-state index contributed by atoms with van der Waals surface area (Å²) in [5.41, 5.74) is 0. The van der Waals surface area contributed by atoms with Crippen molar-refractivity contribution < 1.29 is 29.3 Å².